The predicted octanol–water partition coefficient (Wildman–Crippen LogP) is 3.43. The maximum Gasteiger partial charge on any atom is 0.282 e. The van der Waals surface area contributed by atoms with E-state index in [-0.39, 0.29) is 21.7 Å². The molecular weight excluding hydrogens is 406 g/mol. The summed E-state index contributed by atoms with van der Waals surface area (Å²) in [4.78, 5) is 12.5. The molecular formula is C18H14BrNO4S. The van der Waals surface area contributed by atoms with Crippen LogP contribution in [-0.4, -0.2) is 12.4 Å². The summed E-state index contributed by atoms with van der Waals surface area (Å²) >= 11 is 3.15. The van der Waals surface area contributed by atoms with Crippen molar-refractivity contribution in [3.05, 3.63) is 93.3 Å². The summed E-state index contributed by atoms with van der Waals surface area (Å²) in [5.41, 5.74) is 0.241. The van der Waals surface area contributed by atoms with Gasteiger partial charge in [-0.25, -0.2) is 12.4 Å². The van der Waals surface area contributed by atoms with Crippen LogP contribution in [0.15, 0.2) is 87.1 Å². The van der Waals surface area contributed by atoms with Crippen LogP contribution in [-0.2, 0) is 16.6 Å². The number of nitrogens with zero attached hydrogens (tertiary/aromatic N) is 1. The predicted molar refractivity (Wildman–Crippen MR) is 98.2 cm³/mol. The molecule has 0 saturated carbocycles. The van der Waals surface area contributed by atoms with Crippen molar-refractivity contribution in [2.75, 3.05) is 0 Å². The summed E-state index contributed by atoms with van der Waals surface area (Å²) in [5, 5.41) is 0. The van der Waals surface area contributed by atoms with Crippen molar-refractivity contribution in [3.8, 4) is 5.75 Å². The quantitative estimate of drug-likeness (QED) is 0.635. The van der Waals surface area contributed by atoms with E-state index in [0.717, 1.165) is 5.56 Å². The Bertz CT molecular complexity index is 1030. The van der Waals surface area contributed by atoms with Gasteiger partial charge < -0.3 is 4.74 Å². The first kappa shape index (κ1) is 17.4. The highest BCUT2D eigenvalue weighted by molar-refractivity contribution is 9.10. The van der Waals surface area contributed by atoms with Crippen LogP contribution in [0, 0.1) is 0 Å². The van der Waals surface area contributed by atoms with Crippen LogP contribution in [0.25, 0.3) is 0 Å². The second kappa shape index (κ2) is 7.25. The average Bonchev–Trinajstić information content (AvgIpc) is 2.64. The molecule has 2 aromatic carbocycles. The lowest BCUT2D eigenvalue weighted by molar-refractivity contribution is 0.303. The minimum Gasteiger partial charge on any atom is -0.487 e. The molecule has 0 bridgehead atoms. The molecule has 1 aromatic heterocycles. The molecule has 0 saturated heterocycles. The first-order valence-electron chi connectivity index (χ1n) is 7.38. The van der Waals surface area contributed by atoms with E-state index in [0.29, 0.717) is 3.97 Å². The number of aromatic nitrogens is 1. The van der Waals surface area contributed by atoms with Gasteiger partial charge in [0, 0.05) is 6.20 Å². The van der Waals surface area contributed by atoms with E-state index in [1.54, 1.807) is 18.2 Å². The third-order valence-corrected chi connectivity index (χ3v) is 5.91. The molecule has 0 fully saturated rings. The van der Waals surface area contributed by atoms with Crippen LogP contribution in [0.5, 0.6) is 5.75 Å². The fourth-order valence-corrected chi connectivity index (χ4v) is 4.03. The molecule has 1 heterocycles. The summed E-state index contributed by atoms with van der Waals surface area (Å²) in [7, 11) is -3.96. The molecule has 3 rings (SSSR count). The van der Waals surface area contributed by atoms with Gasteiger partial charge in [-0.2, -0.15) is 0 Å². The molecule has 0 aliphatic heterocycles. The topological polar surface area (TPSA) is 65.4 Å². The fourth-order valence-electron chi connectivity index (χ4n) is 2.22. The Morgan fingerprint density at radius 2 is 1.52 bits per heavy atom. The highest BCUT2D eigenvalue weighted by Gasteiger charge is 2.20. The number of pyridine rings is 1. The lowest BCUT2D eigenvalue weighted by Crippen LogP contribution is -2.27. The van der Waals surface area contributed by atoms with Gasteiger partial charge in [0.2, 0.25) is 0 Å². The zero-order valence-electron chi connectivity index (χ0n) is 13.0. The van der Waals surface area contributed by atoms with Crippen molar-refractivity contribution in [1.29, 1.82) is 0 Å². The van der Waals surface area contributed by atoms with E-state index in [4.69, 9.17) is 4.74 Å². The molecule has 0 amide bonds. The van der Waals surface area contributed by atoms with Gasteiger partial charge in [-0.05, 0) is 39.7 Å². The van der Waals surface area contributed by atoms with Gasteiger partial charge in [0.25, 0.3) is 15.6 Å². The van der Waals surface area contributed by atoms with Gasteiger partial charge in [0.15, 0.2) is 0 Å². The van der Waals surface area contributed by atoms with Crippen LogP contribution in [0.3, 0.4) is 0 Å². The lowest BCUT2D eigenvalue weighted by Gasteiger charge is -2.11. The monoisotopic (exact) mass is 419 g/mol. The van der Waals surface area contributed by atoms with Gasteiger partial charge in [-0.15, -0.1) is 0 Å². The minimum atomic E-state index is -3.96. The van der Waals surface area contributed by atoms with Gasteiger partial charge in [0.05, 0.1) is 4.90 Å². The van der Waals surface area contributed by atoms with E-state index >= 15 is 0 Å². The molecule has 0 radical (unpaired) electrons. The van der Waals surface area contributed by atoms with E-state index in [1.165, 1.54) is 24.4 Å². The molecule has 128 valence electrons. The van der Waals surface area contributed by atoms with Crippen molar-refractivity contribution in [3.63, 3.8) is 0 Å². The Morgan fingerprint density at radius 3 is 2.16 bits per heavy atom. The Labute approximate surface area is 153 Å². The third kappa shape index (κ3) is 3.67. The van der Waals surface area contributed by atoms with Crippen LogP contribution in [0.2, 0.25) is 0 Å². The number of halogens is 1. The first-order chi connectivity index (χ1) is 12.0. The van der Waals surface area contributed by atoms with Crippen LogP contribution in [0.1, 0.15) is 5.56 Å². The molecule has 0 unspecified atom stereocenters. The van der Waals surface area contributed by atoms with Crippen molar-refractivity contribution in [2.24, 2.45) is 0 Å². The molecule has 0 aliphatic rings. The van der Waals surface area contributed by atoms with Gasteiger partial charge in [0.1, 0.15) is 16.8 Å². The van der Waals surface area contributed by atoms with E-state index in [1.807, 2.05) is 30.3 Å². The Hall–Kier alpha value is -2.38. The number of hydrogen-bond donors (Lipinski definition) is 0. The second-order valence-electron chi connectivity index (χ2n) is 5.19. The molecule has 0 spiro atoms. The normalized spacial score (nSPS) is 11.2. The molecule has 7 heteroatoms. The van der Waals surface area contributed by atoms with Crippen molar-refractivity contribution < 1.29 is 13.2 Å². The average molecular weight is 420 g/mol. The third-order valence-electron chi connectivity index (χ3n) is 3.50. The maximum atomic E-state index is 12.6. The zero-order valence-corrected chi connectivity index (χ0v) is 15.4. The summed E-state index contributed by atoms with van der Waals surface area (Å²) in [6.07, 6.45) is 1.20. The number of benzene rings is 2. The Kier molecular flexibility index (Phi) is 5.06. The number of ether oxygens (including phenoxy) is 1. The standard InChI is InChI=1S/C18H14BrNO4S/c19-17-16(24-13-14-7-3-1-4-8-14)11-12-20(18(17)21)25(22,23)15-9-5-2-6-10-15/h1-12H,13H2. The smallest absolute Gasteiger partial charge is 0.282 e. The van der Waals surface area contributed by atoms with Gasteiger partial charge in [-0.1, -0.05) is 48.5 Å². The molecule has 0 aliphatic carbocycles. The van der Waals surface area contributed by atoms with E-state index in [2.05, 4.69) is 15.9 Å². The maximum absolute atomic E-state index is 12.6. The van der Waals surface area contributed by atoms with Crippen molar-refractivity contribution >= 4 is 26.0 Å². The summed E-state index contributed by atoms with van der Waals surface area (Å²) in [6, 6.07) is 18.7. The van der Waals surface area contributed by atoms with Gasteiger partial charge in [-0.3, -0.25) is 4.79 Å². The molecule has 3 aromatic rings. The molecule has 0 N–H and O–H groups in total. The fraction of sp³-hybridized carbons (Fsp3) is 0.0556. The Balaban J connectivity index is 1.92. The molecule has 0 atom stereocenters. The highest BCUT2D eigenvalue weighted by atomic mass is 79.9. The van der Waals surface area contributed by atoms with Crippen LogP contribution < -0.4 is 10.3 Å². The lowest BCUT2D eigenvalue weighted by atomic mass is 10.2. The minimum absolute atomic E-state index is 0.0435. The van der Waals surface area contributed by atoms with Gasteiger partial charge >= 0.3 is 0 Å². The zero-order chi connectivity index (χ0) is 17.9. The number of rotatable bonds is 5. The summed E-state index contributed by atoms with van der Waals surface area (Å²) in [6.45, 7) is 0.272. The first-order valence-corrected chi connectivity index (χ1v) is 9.62. The SMILES string of the molecule is O=c1c(Br)c(OCc2ccccc2)ccn1S(=O)(=O)c1ccccc1. The second-order valence-corrected chi connectivity index (χ2v) is 7.80. The van der Waals surface area contributed by atoms with Crippen LogP contribution >= 0.6 is 15.9 Å². The summed E-state index contributed by atoms with van der Waals surface area (Å²) in [5.74, 6) is 0.286. The Morgan fingerprint density at radius 1 is 0.920 bits per heavy atom. The van der Waals surface area contributed by atoms with E-state index in [9.17, 15) is 13.2 Å². The molecule has 25 heavy (non-hydrogen) atoms. The van der Waals surface area contributed by atoms with Crippen LogP contribution in [0.4, 0.5) is 0 Å². The number of hydrogen-bond acceptors (Lipinski definition) is 4. The largest absolute Gasteiger partial charge is 0.487 e. The van der Waals surface area contributed by atoms with E-state index < -0.39 is 15.6 Å². The van der Waals surface area contributed by atoms with Crippen molar-refractivity contribution in [2.45, 2.75) is 11.5 Å². The summed E-state index contributed by atoms with van der Waals surface area (Å²) < 4.78 is 31.6. The van der Waals surface area contributed by atoms with Crippen molar-refractivity contribution in [1.82, 2.24) is 3.97 Å². The molecule has 5 nitrogen and oxygen atoms in total. The highest BCUT2D eigenvalue weighted by Crippen LogP contribution is 2.23.